The second kappa shape index (κ2) is 8.30. The quantitative estimate of drug-likeness (QED) is 0.541. The molecule has 144 valence electrons. The number of aromatic nitrogens is 4. The number of benzene rings is 3. The van der Waals surface area contributed by atoms with Crippen molar-refractivity contribution >= 4 is 11.6 Å². The van der Waals surface area contributed by atoms with E-state index in [1.807, 2.05) is 30.3 Å². The molecular weight excluding hydrogens is 373 g/mol. The van der Waals surface area contributed by atoms with Crippen molar-refractivity contribution in [2.75, 3.05) is 5.32 Å². The van der Waals surface area contributed by atoms with Gasteiger partial charge in [-0.1, -0.05) is 36.4 Å². The Labute approximate surface area is 165 Å². The molecule has 0 fully saturated rings. The zero-order valence-corrected chi connectivity index (χ0v) is 15.2. The molecule has 0 aliphatic heterocycles. The molecule has 0 radical (unpaired) electrons. The highest BCUT2D eigenvalue weighted by Crippen LogP contribution is 2.23. The van der Waals surface area contributed by atoms with E-state index in [0.29, 0.717) is 23.0 Å². The first-order chi connectivity index (χ1) is 14.2. The van der Waals surface area contributed by atoms with Crippen molar-refractivity contribution in [2.24, 2.45) is 0 Å². The molecule has 7 nitrogen and oxygen atoms in total. The van der Waals surface area contributed by atoms with Gasteiger partial charge in [0.2, 0.25) is 11.7 Å². The van der Waals surface area contributed by atoms with Gasteiger partial charge in [0.15, 0.2) is 0 Å². The summed E-state index contributed by atoms with van der Waals surface area (Å²) in [6.07, 6.45) is 0. The molecule has 0 spiro atoms. The molecule has 8 heteroatoms. The van der Waals surface area contributed by atoms with Crippen LogP contribution >= 0.6 is 0 Å². The van der Waals surface area contributed by atoms with Gasteiger partial charge in [-0.3, -0.25) is 4.79 Å². The summed E-state index contributed by atoms with van der Waals surface area (Å²) < 4.78 is 18.8. The predicted octanol–water partition coefficient (Wildman–Crippen LogP) is 3.91. The third-order valence-electron chi connectivity index (χ3n) is 3.94. The van der Waals surface area contributed by atoms with E-state index in [9.17, 15) is 9.18 Å². The van der Waals surface area contributed by atoms with Gasteiger partial charge < -0.3 is 10.1 Å². The van der Waals surface area contributed by atoms with Gasteiger partial charge in [0.25, 0.3) is 0 Å². The Kier molecular flexibility index (Phi) is 5.24. The Balaban J connectivity index is 1.34. The standard InChI is InChI=1S/C21H16FN5O2/c22-16-7-4-8-19(13-16)29-18-11-9-17(10-12-18)23-20(28)14-27-25-21(24-26-27)15-5-2-1-3-6-15/h1-13H,14H2,(H,23,28). The summed E-state index contributed by atoms with van der Waals surface area (Å²) in [5.74, 6) is 0.717. The number of nitrogens with one attached hydrogen (secondary N) is 1. The summed E-state index contributed by atoms with van der Waals surface area (Å²) in [6.45, 7) is -0.0681. The number of carbonyl (C=O) groups excluding carboxylic acids is 1. The highest BCUT2D eigenvalue weighted by atomic mass is 19.1. The Morgan fingerprint density at radius 2 is 1.76 bits per heavy atom. The third kappa shape index (κ3) is 4.81. The number of nitrogens with zero attached hydrogens (tertiary/aromatic N) is 4. The molecule has 1 heterocycles. The molecule has 1 aromatic heterocycles. The molecule has 1 N–H and O–H groups in total. The topological polar surface area (TPSA) is 81.9 Å². The zero-order chi connectivity index (χ0) is 20.1. The van der Waals surface area contributed by atoms with E-state index in [1.165, 1.54) is 16.9 Å². The van der Waals surface area contributed by atoms with E-state index >= 15 is 0 Å². The minimum atomic E-state index is -0.372. The lowest BCUT2D eigenvalue weighted by molar-refractivity contribution is -0.117. The first-order valence-corrected chi connectivity index (χ1v) is 8.82. The fraction of sp³-hybridized carbons (Fsp3) is 0.0476. The van der Waals surface area contributed by atoms with Gasteiger partial charge in [-0.15, -0.1) is 10.2 Å². The second-order valence-corrected chi connectivity index (χ2v) is 6.14. The number of carbonyl (C=O) groups is 1. The van der Waals surface area contributed by atoms with Gasteiger partial charge >= 0.3 is 0 Å². The molecule has 0 atom stereocenters. The van der Waals surface area contributed by atoms with Gasteiger partial charge in [0.1, 0.15) is 23.9 Å². The summed E-state index contributed by atoms with van der Waals surface area (Å²) in [4.78, 5) is 13.5. The first-order valence-electron chi connectivity index (χ1n) is 8.82. The molecule has 4 aromatic rings. The molecule has 0 unspecified atom stereocenters. The number of tetrazole rings is 1. The summed E-state index contributed by atoms with van der Waals surface area (Å²) in [5, 5.41) is 14.8. The van der Waals surface area contributed by atoms with Crippen LogP contribution in [0.1, 0.15) is 0 Å². The largest absolute Gasteiger partial charge is 0.457 e. The fourth-order valence-electron chi connectivity index (χ4n) is 2.61. The zero-order valence-electron chi connectivity index (χ0n) is 15.2. The van der Waals surface area contributed by atoms with E-state index in [2.05, 4.69) is 20.7 Å². The Morgan fingerprint density at radius 1 is 0.966 bits per heavy atom. The van der Waals surface area contributed by atoms with Gasteiger partial charge in [-0.25, -0.2) is 4.39 Å². The maximum absolute atomic E-state index is 13.2. The average molecular weight is 389 g/mol. The van der Waals surface area contributed by atoms with Crippen molar-refractivity contribution in [1.82, 2.24) is 20.2 Å². The van der Waals surface area contributed by atoms with Crippen molar-refractivity contribution in [1.29, 1.82) is 0 Å². The predicted molar refractivity (Wildman–Crippen MR) is 105 cm³/mol. The van der Waals surface area contributed by atoms with Crippen LogP contribution in [0.5, 0.6) is 11.5 Å². The molecule has 0 saturated carbocycles. The molecule has 4 rings (SSSR count). The number of hydrogen-bond acceptors (Lipinski definition) is 5. The number of halogens is 1. The lowest BCUT2D eigenvalue weighted by Gasteiger charge is -2.08. The molecule has 0 aliphatic carbocycles. The SMILES string of the molecule is O=C(Cn1nnc(-c2ccccc2)n1)Nc1ccc(Oc2cccc(F)c2)cc1. The maximum atomic E-state index is 13.2. The van der Waals surface area contributed by atoms with E-state index in [0.717, 1.165) is 5.56 Å². The molecule has 1 amide bonds. The highest BCUT2D eigenvalue weighted by molar-refractivity contribution is 5.90. The van der Waals surface area contributed by atoms with Crippen LogP contribution in [0.3, 0.4) is 0 Å². The van der Waals surface area contributed by atoms with Gasteiger partial charge in [-0.05, 0) is 41.6 Å². The number of amides is 1. The number of anilines is 1. The minimum Gasteiger partial charge on any atom is -0.457 e. The van der Waals surface area contributed by atoms with Crippen LogP contribution in [0.4, 0.5) is 10.1 Å². The van der Waals surface area contributed by atoms with Crippen molar-refractivity contribution in [3.63, 3.8) is 0 Å². The van der Waals surface area contributed by atoms with E-state index in [4.69, 9.17) is 4.74 Å². The van der Waals surface area contributed by atoms with Gasteiger partial charge in [-0.2, -0.15) is 4.80 Å². The van der Waals surface area contributed by atoms with Crippen LogP contribution in [-0.2, 0) is 11.3 Å². The minimum absolute atomic E-state index is 0.0681. The van der Waals surface area contributed by atoms with Crippen LogP contribution in [0.2, 0.25) is 0 Å². The molecule has 0 saturated heterocycles. The molecule has 29 heavy (non-hydrogen) atoms. The third-order valence-corrected chi connectivity index (χ3v) is 3.94. The molecule has 3 aromatic carbocycles. The van der Waals surface area contributed by atoms with E-state index < -0.39 is 0 Å². The molecule has 0 bridgehead atoms. The van der Waals surface area contributed by atoms with Gasteiger partial charge in [0, 0.05) is 17.3 Å². The molecular formula is C21H16FN5O2. The maximum Gasteiger partial charge on any atom is 0.248 e. The van der Waals surface area contributed by atoms with Crippen molar-refractivity contribution in [3.05, 3.63) is 84.7 Å². The Hall–Kier alpha value is -4.07. The fourth-order valence-corrected chi connectivity index (χ4v) is 2.61. The smallest absolute Gasteiger partial charge is 0.248 e. The number of rotatable bonds is 6. The Bertz CT molecular complexity index is 1110. The number of ether oxygens (including phenoxy) is 1. The van der Waals surface area contributed by atoms with Crippen molar-refractivity contribution in [2.45, 2.75) is 6.54 Å². The summed E-state index contributed by atoms with van der Waals surface area (Å²) in [7, 11) is 0. The van der Waals surface area contributed by atoms with Crippen LogP contribution in [0, 0.1) is 5.82 Å². The lowest BCUT2D eigenvalue weighted by atomic mass is 10.2. The first kappa shape index (κ1) is 18.3. The van der Waals surface area contributed by atoms with Crippen LogP contribution in [0.15, 0.2) is 78.9 Å². The Morgan fingerprint density at radius 3 is 2.52 bits per heavy atom. The number of hydrogen-bond donors (Lipinski definition) is 1. The van der Waals surface area contributed by atoms with Crippen LogP contribution < -0.4 is 10.1 Å². The second-order valence-electron chi connectivity index (χ2n) is 6.14. The van der Waals surface area contributed by atoms with Crippen molar-refractivity contribution in [3.8, 4) is 22.9 Å². The monoisotopic (exact) mass is 389 g/mol. The van der Waals surface area contributed by atoms with Gasteiger partial charge in [0.05, 0.1) is 0 Å². The molecule has 0 aliphatic rings. The summed E-state index contributed by atoms with van der Waals surface area (Å²) in [6, 6.07) is 22.0. The summed E-state index contributed by atoms with van der Waals surface area (Å²) >= 11 is 0. The lowest BCUT2D eigenvalue weighted by Crippen LogP contribution is -2.20. The highest BCUT2D eigenvalue weighted by Gasteiger charge is 2.09. The average Bonchev–Trinajstić information content (AvgIpc) is 3.18. The normalized spacial score (nSPS) is 10.5. The van der Waals surface area contributed by atoms with E-state index in [1.54, 1.807) is 36.4 Å². The van der Waals surface area contributed by atoms with Crippen molar-refractivity contribution < 1.29 is 13.9 Å². The van der Waals surface area contributed by atoms with Crippen LogP contribution in [-0.4, -0.2) is 26.1 Å². The van der Waals surface area contributed by atoms with E-state index in [-0.39, 0.29) is 18.3 Å². The van der Waals surface area contributed by atoms with Crippen LogP contribution in [0.25, 0.3) is 11.4 Å². The summed E-state index contributed by atoms with van der Waals surface area (Å²) in [5.41, 5.74) is 1.41.